The Bertz CT molecular complexity index is 159. The molecule has 0 aromatic carbocycles. The van der Waals surface area contributed by atoms with Crippen molar-refractivity contribution in [2.45, 2.75) is 50.9 Å². The van der Waals surface area contributed by atoms with Crippen LogP contribution in [0.5, 0.6) is 0 Å². The number of alkyl halides is 1. The Labute approximate surface area is 86.2 Å². The summed E-state index contributed by atoms with van der Waals surface area (Å²) in [4.78, 5) is 0. The smallest absolute Gasteiger partial charge is 0.126 e. The molecule has 1 fully saturated rings. The lowest BCUT2D eigenvalue weighted by atomic mass is 9.80. The second-order valence-corrected chi connectivity index (χ2v) is 4.17. The van der Waals surface area contributed by atoms with Crippen molar-refractivity contribution in [3.63, 3.8) is 0 Å². The van der Waals surface area contributed by atoms with Gasteiger partial charge in [0.1, 0.15) is 6.17 Å². The first-order valence-corrected chi connectivity index (χ1v) is 5.57. The topological polar surface area (TPSA) is 21.3 Å². The number of methoxy groups -OCH3 is 1. The molecule has 4 atom stereocenters. The van der Waals surface area contributed by atoms with Gasteiger partial charge < -0.3 is 10.1 Å². The summed E-state index contributed by atoms with van der Waals surface area (Å²) in [6, 6.07) is 0.514. The third-order valence-electron chi connectivity index (χ3n) is 3.43. The maximum Gasteiger partial charge on any atom is 0.126 e. The van der Waals surface area contributed by atoms with Crippen LogP contribution in [-0.4, -0.2) is 32.5 Å². The number of rotatable bonds is 4. The van der Waals surface area contributed by atoms with Crippen LogP contribution in [-0.2, 0) is 4.74 Å². The molecule has 1 N–H and O–H groups in total. The Morgan fingerprint density at radius 3 is 2.71 bits per heavy atom. The highest BCUT2D eigenvalue weighted by atomic mass is 19.1. The minimum absolute atomic E-state index is 0.184. The largest absolute Gasteiger partial charge is 0.378 e. The molecule has 0 saturated heterocycles. The van der Waals surface area contributed by atoms with Gasteiger partial charge in [-0.15, -0.1) is 0 Å². The summed E-state index contributed by atoms with van der Waals surface area (Å²) in [5.74, 6) is 0.571. The van der Waals surface area contributed by atoms with Crippen LogP contribution in [0.25, 0.3) is 0 Å². The molecule has 3 heteroatoms. The first-order chi connectivity index (χ1) is 6.72. The van der Waals surface area contributed by atoms with E-state index < -0.39 is 6.17 Å². The molecule has 0 heterocycles. The number of halogens is 1. The van der Waals surface area contributed by atoms with Gasteiger partial charge in [-0.2, -0.15) is 0 Å². The summed E-state index contributed by atoms with van der Waals surface area (Å²) in [6.45, 7) is 2.17. The van der Waals surface area contributed by atoms with Crippen LogP contribution in [0.3, 0.4) is 0 Å². The van der Waals surface area contributed by atoms with Gasteiger partial charge in [-0.25, -0.2) is 4.39 Å². The van der Waals surface area contributed by atoms with E-state index in [1.165, 1.54) is 0 Å². The van der Waals surface area contributed by atoms with Gasteiger partial charge in [0.05, 0.1) is 6.10 Å². The van der Waals surface area contributed by atoms with Gasteiger partial charge in [0.15, 0.2) is 0 Å². The summed E-state index contributed by atoms with van der Waals surface area (Å²) in [7, 11) is 3.59. The third-order valence-corrected chi connectivity index (χ3v) is 3.43. The van der Waals surface area contributed by atoms with Gasteiger partial charge in [0.25, 0.3) is 0 Å². The average molecular weight is 203 g/mol. The van der Waals surface area contributed by atoms with E-state index in [2.05, 4.69) is 12.2 Å². The highest BCUT2D eigenvalue weighted by molar-refractivity contribution is 4.86. The van der Waals surface area contributed by atoms with E-state index in [4.69, 9.17) is 4.74 Å². The predicted octanol–water partition coefficient (Wildman–Crippen LogP) is 2.14. The SMILES string of the molecule is CCC(NC)C1CCC(F)C(OC)C1. The van der Waals surface area contributed by atoms with E-state index in [-0.39, 0.29) is 6.10 Å². The minimum atomic E-state index is -0.759. The zero-order valence-corrected chi connectivity index (χ0v) is 9.42. The Morgan fingerprint density at radius 2 is 2.21 bits per heavy atom. The zero-order valence-electron chi connectivity index (χ0n) is 9.42. The molecule has 0 aromatic heterocycles. The second kappa shape index (κ2) is 5.66. The maximum atomic E-state index is 13.3. The highest BCUT2D eigenvalue weighted by Crippen LogP contribution is 2.31. The summed E-state index contributed by atoms with van der Waals surface area (Å²) >= 11 is 0. The normalized spacial score (nSPS) is 35.6. The average Bonchev–Trinajstić information content (AvgIpc) is 2.22. The fraction of sp³-hybridized carbons (Fsp3) is 1.00. The molecular formula is C11H22FNO. The molecule has 1 rings (SSSR count). The monoisotopic (exact) mass is 203 g/mol. The number of hydrogen-bond acceptors (Lipinski definition) is 2. The first kappa shape index (κ1) is 11.9. The van der Waals surface area contributed by atoms with Crippen LogP contribution in [0.4, 0.5) is 4.39 Å². The van der Waals surface area contributed by atoms with Gasteiger partial charge >= 0.3 is 0 Å². The number of ether oxygens (including phenoxy) is 1. The molecule has 2 nitrogen and oxygen atoms in total. The van der Waals surface area contributed by atoms with E-state index in [1.807, 2.05) is 7.05 Å². The van der Waals surface area contributed by atoms with Crippen molar-refractivity contribution in [1.29, 1.82) is 0 Å². The molecule has 0 aliphatic heterocycles. The Balaban J connectivity index is 2.48. The molecule has 1 aliphatic carbocycles. The molecule has 0 aromatic rings. The van der Waals surface area contributed by atoms with Crippen molar-refractivity contribution in [1.82, 2.24) is 5.32 Å². The van der Waals surface area contributed by atoms with Crippen molar-refractivity contribution in [2.24, 2.45) is 5.92 Å². The van der Waals surface area contributed by atoms with E-state index in [1.54, 1.807) is 7.11 Å². The van der Waals surface area contributed by atoms with Crippen LogP contribution >= 0.6 is 0 Å². The van der Waals surface area contributed by atoms with Gasteiger partial charge in [0.2, 0.25) is 0 Å². The lowest BCUT2D eigenvalue weighted by Crippen LogP contribution is -2.41. The van der Waals surface area contributed by atoms with E-state index in [9.17, 15) is 4.39 Å². The van der Waals surface area contributed by atoms with E-state index in [0.29, 0.717) is 18.4 Å². The summed E-state index contributed by atoms with van der Waals surface area (Å²) in [5.41, 5.74) is 0. The quantitative estimate of drug-likeness (QED) is 0.756. The lowest BCUT2D eigenvalue weighted by Gasteiger charge is -2.35. The molecule has 0 amide bonds. The van der Waals surface area contributed by atoms with Crippen LogP contribution in [0.1, 0.15) is 32.6 Å². The standard InChI is InChI=1S/C11H22FNO/c1-4-10(13-2)8-5-6-9(12)11(7-8)14-3/h8-11,13H,4-7H2,1-3H3. The van der Waals surface area contributed by atoms with Crippen LogP contribution < -0.4 is 5.32 Å². The molecule has 1 aliphatic rings. The molecule has 0 spiro atoms. The molecule has 0 radical (unpaired) electrons. The van der Waals surface area contributed by atoms with Crippen LogP contribution in [0.15, 0.2) is 0 Å². The fourth-order valence-electron chi connectivity index (χ4n) is 2.51. The van der Waals surface area contributed by atoms with Gasteiger partial charge in [-0.1, -0.05) is 6.92 Å². The third kappa shape index (κ3) is 2.67. The van der Waals surface area contributed by atoms with Crippen molar-refractivity contribution < 1.29 is 9.13 Å². The Hall–Kier alpha value is -0.150. The van der Waals surface area contributed by atoms with E-state index >= 15 is 0 Å². The lowest BCUT2D eigenvalue weighted by molar-refractivity contribution is -0.0174. The maximum absolute atomic E-state index is 13.3. The van der Waals surface area contributed by atoms with Crippen molar-refractivity contribution >= 4 is 0 Å². The summed E-state index contributed by atoms with van der Waals surface area (Å²) in [6.07, 6.45) is 2.66. The first-order valence-electron chi connectivity index (χ1n) is 5.57. The van der Waals surface area contributed by atoms with Gasteiger partial charge in [-0.3, -0.25) is 0 Å². The Kier molecular flexibility index (Phi) is 4.82. The Morgan fingerprint density at radius 1 is 1.50 bits per heavy atom. The minimum Gasteiger partial charge on any atom is -0.378 e. The number of hydrogen-bond donors (Lipinski definition) is 1. The van der Waals surface area contributed by atoms with Crippen LogP contribution in [0, 0.1) is 5.92 Å². The molecule has 4 unspecified atom stereocenters. The van der Waals surface area contributed by atoms with Crippen molar-refractivity contribution in [3.05, 3.63) is 0 Å². The van der Waals surface area contributed by atoms with E-state index in [0.717, 1.165) is 19.3 Å². The zero-order chi connectivity index (χ0) is 10.6. The summed E-state index contributed by atoms with van der Waals surface area (Å²) < 4.78 is 18.5. The molecule has 84 valence electrons. The summed E-state index contributed by atoms with van der Waals surface area (Å²) in [5, 5.41) is 3.30. The fourth-order valence-corrected chi connectivity index (χ4v) is 2.51. The highest BCUT2D eigenvalue weighted by Gasteiger charge is 2.33. The molecule has 1 saturated carbocycles. The van der Waals surface area contributed by atoms with Gasteiger partial charge in [-0.05, 0) is 38.6 Å². The molecule has 14 heavy (non-hydrogen) atoms. The predicted molar refractivity (Wildman–Crippen MR) is 56.2 cm³/mol. The molecule has 0 bridgehead atoms. The second-order valence-electron chi connectivity index (χ2n) is 4.17. The number of nitrogens with one attached hydrogen (secondary N) is 1. The van der Waals surface area contributed by atoms with Crippen molar-refractivity contribution in [3.8, 4) is 0 Å². The van der Waals surface area contributed by atoms with Crippen LogP contribution in [0.2, 0.25) is 0 Å². The van der Waals surface area contributed by atoms with Gasteiger partial charge in [0, 0.05) is 13.2 Å². The van der Waals surface area contributed by atoms with Crippen molar-refractivity contribution in [2.75, 3.05) is 14.2 Å². The molecular weight excluding hydrogens is 181 g/mol.